The maximum absolute atomic E-state index is 13.7. The van der Waals surface area contributed by atoms with Gasteiger partial charge in [0.15, 0.2) is 0 Å². The highest BCUT2D eigenvalue weighted by atomic mass is 19.1. The molecule has 0 unspecified atom stereocenters. The molecule has 0 bridgehead atoms. The van der Waals surface area contributed by atoms with E-state index in [1.807, 2.05) is 4.90 Å². The molecule has 1 saturated heterocycles. The number of anilines is 1. The van der Waals surface area contributed by atoms with Gasteiger partial charge in [-0.1, -0.05) is 0 Å². The molecule has 0 spiro atoms. The van der Waals surface area contributed by atoms with Crippen LogP contribution in [0.1, 0.15) is 0 Å². The monoisotopic (exact) mass is 210 g/mol. The Kier molecular flexibility index (Phi) is 3.06. The lowest BCUT2D eigenvalue weighted by Crippen LogP contribution is -2.43. The van der Waals surface area contributed by atoms with Gasteiger partial charge in [0.1, 0.15) is 11.6 Å². The van der Waals surface area contributed by atoms with Crippen LogP contribution in [0.25, 0.3) is 0 Å². The Labute approximate surface area is 88.8 Å². The van der Waals surface area contributed by atoms with E-state index < -0.39 is 0 Å². The molecule has 1 aromatic carbocycles. The van der Waals surface area contributed by atoms with Crippen molar-refractivity contribution in [2.24, 2.45) is 0 Å². The molecule has 0 amide bonds. The molecule has 82 valence electrons. The van der Waals surface area contributed by atoms with Gasteiger partial charge in [0, 0.05) is 32.2 Å². The zero-order valence-corrected chi connectivity index (χ0v) is 8.79. The third-order valence-electron chi connectivity index (χ3n) is 2.61. The molecule has 0 atom stereocenters. The number of hydrogen-bond acceptors (Lipinski definition) is 3. The van der Waals surface area contributed by atoms with Gasteiger partial charge in [0.25, 0.3) is 0 Å². The van der Waals surface area contributed by atoms with Gasteiger partial charge >= 0.3 is 0 Å². The maximum atomic E-state index is 13.7. The summed E-state index contributed by atoms with van der Waals surface area (Å²) in [7, 11) is 1.54. The third kappa shape index (κ3) is 2.21. The van der Waals surface area contributed by atoms with Gasteiger partial charge in [-0.25, -0.2) is 4.39 Å². The molecule has 3 nitrogen and oxygen atoms in total. The van der Waals surface area contributed by atoms with E-state index in [1.165, 1.54) is 6.07 Å². The molecule has 1 aliphatic rings. The normalized spacial score (nSPS) is 16.5. The second-order valence-electron chi connectivity index (χ2n) is 3.55. The highest BCUT2D eigenvalue weighted by molar-refractivity contribution is 5.51. The van der Waals surface area contributed by atoms with Gasteiger partial charge in [-0.15, -0.1) is 0 Å². The molecule has 2 rings (SSSR count). The number of methoxy groups -OCH3 is 1. The maximum Gasteiger partial charge on any atom is 0.150 e. The first-order valence-electron chi connectivity index (χ1n) is 5.10. The number of nitrogens with one attached hydrogen (secondary N) is 1. The summed E-state index contributed by atoms with van der Waals surface area (Å²) in [4.78, 5) is 2.05. The lowest BCUT2D eigenvalue weighted by atomic mass is 10.2. The molecule has 1 N–H and O–H groups in total. The second-order valence-corrected chi connectivity index (χ2v) is 3.55. The van der Waals surface area contributed by atoms with Gasteiger partial charge in [-0.3, -0.25) is 0 Å². The van der Waals surface area contributed by atoms with Crippen LogP contribution in [-0.4, -0.2) is 33.3 Å². The van der Waals surface area contributed by atoms with E-state index in [0.717, 1.165) is 26.2 Å². The van der Waals surface area contributed by atoms with Crippen LogP contribution in [0.2, 0.25) is 0 Å². The number of ether oxygens (including phenoxy) is 1. The topological polar surface area (TPSA) is 24.5 Å². The summed E-state index contributed by atoms with van der Waals surface area (Å²) in [5, 5.41) is 3.24. The number of benzene rings is 1. The van der Waals surface area contributed by atoms with Crippen molar-refractivity contribution in [2.45, 2.75) is 0 Å². The van der Waals surface area contributed by atoms with Crippen LogP contribution < -0.4 is 15.0 Å². The number of halogens is 1. The molecule has 0 aromatic heterocycles. The standard InChI is InChI=1S/C11H15FN2O/c1-15-9-2-3-11(10(12)8-9)14-6-4-13-5-7-14/h2-3,8,13H,4-7H2,1H3. The van der Waals surface area contributed by atoms with Gasteiger partial charge in [0.05, 0.1) is 12.8 Å². The SMILES string of the molecule is COc1ccc(N2CCNCC2)c(F)c1. The summed E-state index contributed by atoms with van der Waals surface area (Å²) in [6, 6.07) is 5.00. The van der Waals surface area contributed by atoms with Crippen molar-refractivity contribution in [1.29, 1.82) is 0 Å². The van der Waals surface area contributed by atoms with Gasteiger partial charge in [-0.05, 0) is 12.1 Å². The Balaban J connectivity index is 2.19. The van der Waals surface area contributed by atoms with Crippen molar-refractivity contribution in [1.82, 2.24) is 5.32 Å². The average molecular weight is 210 g/mol. The fraction of sp³-hybridized carbons (Fsp3) is 0.455. The van der Waals surface area contributed by atoms with Crippen LogP contribution in [-0.2, 0) is 0 Å². The Bertz CT molecular complexity index is 337. The smallest absolute Gasteiger partial charge is 0.150 e. The van der Waals surface area contributed by atoms with Crippen LogP contribution in [0.15, 0.2) is 18.2 Å². The number of rotatable bonds is 2. The Morgan fingerprint density at radius 1 is 1.33 bits per heavy atom. The zero-order valence-electron chi connectivity index (χ0n) is 8.79. The van der Waals surface area contributed by atoms with E-state index in [-0.39, 0.29) is 5.82 Å². The molecular weight excluding hydrogens is 195 g/mol. The van der Waals surface area contributed by atoms with Crippen molar-refractivity contribution in [3.05, 3.63) is 24.0 Å². The minimum Gasteiger partial charge on any atom is -0.497 e. The van der Waals surface area contributed by atoms with Crippen molar-refractivity contribution in [3.63, 3.8) is 0 Å². The summed E-state index contributed by atoms with van der Waals surface area (Å²) >= 11 is 0. The molecule has 1 heterocycles. The lowest BCUT2D eigenvalue weighted by molar-refractivity contribution is 0.411. The van der Waals surface area contributed by atoms with Gasteiger partial charge < -0.3 is 15.0 Å². The van der Waals surface area contributed by atoms with Crippen molar-refractivity contribution in [2.75, 3.05) is 38.2 Å². The first-order chi connectivity index (χ1) is 7.31. The predicted molar refractivity (Wildman–Crippen MR) is 58.0 cm³/mol. The summed E-state index contributed by atoms with van der Waals surface area (Å²) in [6.07, 6.45) is 0. The van der Waals surface area contributed by atoms with Crippen LogP contribution in [0.3, 0.4) is 0 Å². The summed E-state index contributed by atoms with van der Waals surface area (Å²) < 4.78 is 18.6. The van der Waals surface area contributed by atoms with E-state index in [0.29, 0.717) is 11.4 Å². The minimum absolute atomic E-state index is 0.212. The second kappa shape index (κ2) is 4.49. The average Bonchev–Trinajstić information content (AvgIpc) is 2.30. The summed E-state index contributed by atoms with van der Waals surface area (Å²) in [5.41, 5.74) is 0.664. The number of hydrogen-bond donors (Lipinski definition) is 1. The van der Waals surface area contributed by atoms with E-state index in [4.69, 9.17) is 4.74 Å². The highest BCUT2D eigenvalue weighted by Crippen LogP contribution is 2.23. The molecule has 1 fully saturated rings. The largest absolute Gasteiger partial charge is 0.497 e. The highest BCUT2D eigenvalue weighted by Gasteiger charge is 2.14. The van der Waals surface area contributed by atoms with E-state index >= 15 is 0 Å². The molecule has 1 aliphatic heterocycles. The van der Waals surface area contributed by atoms with E-state index in [9.17, 15) is 4.39 Å². The van der Waals surface area contributed by atoms with Crippen LogP contribution >= 0.6 is 0 Å². The molecule has 15 heavy (non-hydrogen) atoms. The molecular formula is C11H15FN2O. The first-order valence-corrected chi connectivity index (χ1v) is 5.10. The van der Waals surface area contributed by atoms with Crippen molar-refractivity contribution in [3.8, 4) is 5.75 Å². The predicted octanol–water partition coefficient (Wildman–Crippen LogP) is 1.24. The van der Waals surface area contributed by atoms with Gasteiger partial charge in [0.2, 0.25) is 0 Å². The molecule has 0 saturated carbocycles. The Morgan fingerprint density at radius 3 is 2.67 bits per heavy atom. The van der Waals surface area contributed by atoms with Crippen LogP contribution in [0, 0.1) is 5.82 Å². The minimum atomic E-state index is -0.212. The quantitative estimate of drug-likeness (QED) is 0.795. The third-order valence-corrected chi connectivity index (χ3v) is 2.61. The zero-order chi connectivity index (χ0) is 10.7. The number of piperazine rings is 1. The fourth-order valence-electron chi connectivity index (χ4n) is 1.78. The van der Waals surface area contributed by atoms with Gasteiger partial charge in [-0.2, -0.15) is 0 Å². The van der Waals surface area contributed by atoms with Crippen LogP contribution in [0.4, 0.5) is 10.1 Å². The summed E-state index contributed by atoms with van der Waals surface area (Å²) in [6.45, 7) is 3.52. The Morgan fingerprint density at radius 2 is 2.07 bits per heavy atom. The molecule has 1 aromatic rings. The summed E-state index contributed by atoms with van der Waals surface area (Å²) in [5.74, 6) is 0.350. The van der Waals surface area contributed by atoms with E-state index in [1.54, 1.807) is 19.2 Å². The van der Waals surface area contributed by atoms with Crippen LogP contribution in [0.5, 0.6) is 5.75 Å². The lowest BCUT2D eigenvalue weighted by Gasteiger charge is -2.29. The van der Waals surface area contributed by atoms with Crippen molar-refractivity contribution >= 4 is 5.69 Å². The number of nitrogens with zero attached hydrogens (tertiary/aromatic N) is 1. The molecule has 4 heteroatoms. The Hall–Kier alpha value is -1.29. The molecule has 0 radical (unpaired) electrons. The first kappa shape index (κ1) is 10.2. The fourth-order valence-corrected chi connectivity index (χ4v) is 1.78. The van der Waals surface area contributed by atoms with Crippen molar-refractivity contribution < 1.29 is 9.13 Å². The van der Waals surface area contributed by atoms with E-state index in [2.05, 4.69) is 5.32 Å². The molecule has 0 aliphatic carbocycles.